The summed E-state index contributed by atoms with van der Waals surface area (Å²) < 4.78 is 19.7. The number of halogens is 2. The van der Waals surface area contributed by atoms with Gasteiger partial charge >= 0.3 is 6.09 Å². The van der Waals surface area contributed by atoms with E-state index in [1.54, 1.807) is 20.8 Å². The fraction of sp³-hybridized carbons (Fsp3) is 0.529. The van der Waals surface area contributed by atoms with Crippen LogP contribution in [0.4, 0.5) is 9.18 Å². The first kappa shape index (κ1) is 17.7. The minimum atomic E-state index is -1.39. The molecule has 1 amide bonds. The maximum atomic E-state index is 14.4. The largest absolute Gasteiger partial charge is 0.444 e. The van der Waals surface area contributed by atoms with Gasteiger partial charge in [-0.3, -0.25) is 4.79 Å². The summed E-state index contributed by atoms with van der Waals surface area (Å²) in [4.78, 5) is 24.8. The molecule has 1 unspecified atom stereocenters. The molecule has 0 saturated heterocycles. The van der Waals surface area contributed by atoms with Crippen molar-refractivity contribution in [1.82, 2.24) is 5.32 Å². The summed E-state index contributed by atoms with van der Waals surface area (Å²) in [6.45, 7) is 5.18. The standard InChI is InChI=1S/C17H21ClFNO3/c1-16(2,3)23-15(22)20-17(9-5-4-6-14(17)21)12-8-7-11(18)10-13(12)19/h7-8,10H,4-6,9H2,1-3H3,(H,20,22). The van der Waals surface area contributed by atoms with Gasteiger partial charge in [0, 0.05) is 17.0 Å². The number of ether oxygens (including phenoxy) is 1. The molecule has 4 nitrogen and oxygen atoms in total. The molecule has 1 saturated carbocycles. The Morgan fingerprint density at radius 1 is 1.35 bits per heavy atom. The first-order valence-corrected chi connectivity index (χ1v) is 8.02. The van der Waals surface area contributed by atoms with Crippen molar-refractivity contribution in [2.75, 3.05) is 0 Å². The van der Waals surface area contributed by atoms with Gasteiger partial charge in [0.05, 0.1) is 0 Å². The number of amides is 1. The van der Waals surface area contributed by atoms with Crippen molar-refractivity contribution >= 4 is 23.5 Å². The van der Waals surface area contributed by atoms with Crippen LogP contribution in [-0.4, -0.2) is 17.5 Å². The third kappa shape index (κ3) is 4.02. The lowest BCUT2D eigenvalue weighted by Gasteiger charge is -2.37. The van der Waals surface area contributed by atoms with Gasteiger partial charge in [0.15, 0.2) is 5.78 Å². The lowest BCUT2D eigenvalue weighted by Crippen LogP contribution is -2.54. The van der Waals surface area contributed by atoms with Crippen LogP contribution in [0.3, 0.4) is 0 Å². The summed E-state index contributed by atoms with van der Waals surface area (Å²) in [6, 6.07) is 4.12. The normalized spacial score (nSPS) is 21.9. The van der Waals surface area contributed by atoms with Gasteiger partial charge in [-0.1, -0.05) is 17.7 Å². The molecular weight excluding hydrogens is 321 g/mol. The maximum Gasteiger partial charge on any atom is 0.408 e. The Morgan fingerprint density at radius 3 is 2.61 bits per heavy atom. The quantitative estimate of drug-likeness (QED) is 0.870. The number of carbonyl (C=O) groups is 2. The van der Waals surface area contributed by atoms with Gasteiger partial charge in [-0.25, -0.2) is 9.18 Å². The Morgan fingerprint density at radius 2 is 2.04 bits per heavy atom. The number of Topliss-reactive ketones (excluding diaryl/α,β-unsaturated/α-hetero) is 1. The Hall–Kier alpha value is -1.62. The van der Waals surface area contributed by atoms with E-state index in [-0.39, 0.29) is 22.8 Å². The highest BCUT2D eigenvalue weighted by Crippen LogP contribution is 2.37. The highest BCUT2D eigenvalue weighted by molar-refractivity contribution is 6.30. The third-order valence-electron chi connectivity index (χ3n) is 3.79. The van der Waals surface area contributed by atoms with E-state index < -0.39 is 23.1 Å². The Kier molecular flexibility index (Phi) is 4.99. The van der Waals surface area contributed by atoms with Crippen molar-refractivity contribution in [3.63, 3.8) is 0 Å². The number of nitrogens with one attached hydrogen (secondary N) is 1. The Bertz CT molecular complexity index is 627. The number of benzene rings is 1. The predicted molar refractivity (Wildman–Crippen MR) is 85.9 cm³/mol. The smallest absolute Gasteiger partial charge is 0.408 e. The predicted octanol–water partition coefficient (Wildman–Crippen LogP) is 4.34. The van der Waals surface area contributed by atoms with Gasteiger partial charge < -0.3 is 10.1 Å². The van der Waals surface area contributed by atoms with Crippen LogP contribution in [0.5, 0.6) is 0 Å². The van der Waals surface area contributed by atoms with Crippen molar-refractivity contribution in [3.05, 3.63) is 34.6 Å². The summed E-state index contributed by atoms with van der Waals surface area (Å²) in [5.41, 5.74) is -1.96. The second-order valence-corrected chi connectivity index (χ2v) is 7.22. The van der Waals surface area contributed by atoms with Crippen molar-refractivity contribution in [3.8, 4) is 0 Å². The van der Waals surface area contributed by atoms with Gasteiger partial charge in [0.1, 0.15) is 17.0 Å². The first-order valence-electron chi connectivity index (χ1n) is 7.64. The highest BCUT2D eigenvalue weighted by atomic mass is 35.5. The number of ketones is 1. The van der Waals surface area contributed by atoms with E-state index in [1.807, 2.05) is 0 Å². The lowest BCUT2D eigenvalue weighted by atomic mass is 9.75. The van der Waals surface area contributed by atoms with E-state index in [4.69, 9.17) is 16.3 Å². The van der Waals surface area contributed by atoms with E-state index in [0.717, 1.165) is 12.5 Å². The average molecular weight is 342 g/mol. The molecule has 23 heavy (non-hydrogen) atoms. The molecule has 0 bridgehead atoms. The molecule has 1 aliphatic carbocycles. The van der Waals surface area contributed by atoms with Crippen LogP contribution in [0.2, 0.25) is 5.02 Å². The molecule has 1 atom stereocenters. The molecule has 0 spiro atoms. The van der Waals surface area contributed by atoms with Gasteiger partial charge in [0.25, 0.3) is 0 Å². The van der Waals surface area contributed by atoms with Crippen LogP contribution in [0.15, 0.2) is 18.2 Å². The molecule has 1 aromatic rings. The minimum absolute atomic E-state index is 0.137. The third-order valence-corrected chi connectivity index (χ3v) is 4.02. The van der Waals surface area contributed by atoms with Crippen molar-refractivity contribution in [1.29, 1.82) is 0 Å². The number of alkyl carbamates (subject to hydrolysis) is 1. The Balaban J connectivity index is 2.41. The van der Waals surface area contributed by atoms with Crippen molar-refractivity contribution in [2.24, 2.45) is 0 Å². The van der Waals surface area contributed by atoms with Gasteiger partial charge in [0.2, 0.25) is 0 Å². The molecule has 0 aromatic heterocycles. The number of hydrogen-bond donors (Lipinski definition) is 1. The van der Waals surface area contributed by atoms with Crippen LogP contribution < -0.4 is 5.32 Å². The van der Waals surface area contributed by atoms with Crippen LogP contribution in [0, 0.1) is 5.82 Å². The molecule has 0 radical (unpaired) electrons. The molecule has 6 heteroatoms. The van der Waals surface area contributed by atoms with E-state index in [2.05, 4.69) is 5.32 Å². The lowest BCUT2D eigenvalue weighted by molar-refractivity contribution is -0.128. The summed E-state index contributed by atoms with van der Waals surface area (Å²) >= 11 is 5.79. The molecule has 126 valence electrons. The van der Waals surface area contributed by atoms with Crippen LogP contribution in [0.1, 0.15) is 52.0 Å². The van der Waals surface area contributed by atoms with Gasteiger partial charge in [-0.05, 0) is 52.2 Å². The number of rotatable bonds is 2. The summed E-state index contributed by atoms with van der Waals surface area (Å²) in [5, 5.41) is 2.86. The Labute approximate surface area is 140 Å². The molecule has 1 fully saturated rings. The minimum Gasteiger partial charge on any atom is -0.444 e. The van der Waals surface area contributed by atoms with Crippen LogP contribution in [-0.2, 0) is 15.1 Å². The molecule has 1 N–H and O–H groups in total. The van der Waals surface area contributed by atoms with E-state index in [9.17, 15) is 14.0 Å². The van der Waals surface area contributed by atoms with E-state index in [0.29, 0.717) is 12.8 Å². The van der Waals surface area contributed by atoms with Crippen molar-refractivity contribution < 1.29 is 18.7 Å². The SMILES string of the molecule is CC(C)(C)OC(=O)NC1(c2ccc(Cl)cc2F)CCCCC1=O. The first-order chi connectivity index (χ1) is 10.6. The van der Waals surface area contributed by atoms with Gasteiger partial charge in [-0.15, -0.1) is 0 Å². The average Bonchev–Trinajstić information content (AvgIpc) is 2.39. The van der Waals surface area contributed by atoms with Crippen LogP contribution >= 0.6 is 11.6 Å². The molecule has 0 heterocycles. The number of carbonyl (C=O) groups excluding carboxylic acids is 2. The van der Waals surface area contributed by atoms with Crippen molar-refractivity contribution in [2.45, 2.75) is 57.6 Å². The summed E-state index contributed by atoms with van der Waals surface area (Å²) in [7, 11) is 0. The second kappa shape index (κ2) is 6.48. The zero-order valence-corrected chi connectivity index (χ0v) is 14.3. The monoisotopic (exact) mass is 341 g/mol. The molecule has 2 rings (SSSR count). The van der Waals surface area contributed by atoms with E-state index in [1.165, 1.54) is 12.1 Å². The zero-order chi connectivity index (χ0) is 17.3. The number of hydrogen-bond acceptors (Lipinski definition) is 3. The molecule has 1 aliphatic rings. The fourth-order valence-corrected chi connectivity index (χ4v) is 2.99. The molecule has 1 aromatic carbocycles. The zero-order valence-electron chi connectivity index (χ0n) is 13.5. The van der Waals surface area contributed by atoms with Crippen LogP contribution in [0.25, 0.3) is 0 Å². The fourth-order valence-electron chi connectivity index (χ4n) is 2.83. The topological polar surface area (TPSA) is 55.4 Å². The second-order valence-electron chi connectivity index (χ2n) is 6.79. The summed E-state index contributed by atoms with van der Waals surface area (Å²) in [5.74, 6) is -0.820. The highest BCUT2D eigenvalue weighted by Gasteiger charge is 2.45. The molecule has 0 aliphatic heterocycles. The molecular formula is C17H21ClFNO3. The summed E-state index contributed by atoms with van der Waals surface area (Å²) in [6.07, 6.45) is 1.33. The van der Waals surface area contributed by atoms with E-state index >= 15 is 0 Å². The maximum absolute atomic E-state index is 14.4. The van der Waals surface area contributed by atoms with Gasteiger partial charge in [-0.2, -0.15) is 0 Å².